The van der Waals surface area contributed by atoms with Gasteiger partial charge in [-0.3, -0.25) is 14.4 Å². The highest BCUT2D eigenvalue weighted by atomic mass is 16.5. The Kier molecular flexibility index (Phi) is 17.3. The third kappa shape index (κ3) is 17.4. The van der Waals surface area contributed by atoms with Gasteiger partial charge in [0.25, 0.3) is 0 Å². The first-order chi connectivity index (χ1) is 14.0. The van der Waals surface area contributed by atoms with Crippen molar-refractivity contribution >= 4 is 23.9 Å². The van der Waals surface area contributed by atoms with Gasteiger partial charge in [-0.05, 0) is 6.42 Å². The zero-order chi connectivity index (χ0) is 21.7. The Hall–Kier alpha value is -2.43. The SMILES string of the molecule is C=CCOC(=O)CCOCCOCCOCCNC(=O)[C@@H](N)CCC(=O)C=[N+]=[N-]. The van der Waals surface area contributed by atoms with Crippen LogP contribution in [0.3, 0.4) is 0 Å². The van der Waals surface area contributed by atoms with Gasteiger partial charge in [-0.1, -0.05) is 12.7 Å². The molecule has 3 N–H and O–H groups in total. The summed E-state index contributed by atoms with van der Waals surface area (Å²) >= 11 is 0. The van der Waals surface area contributed by atoms with E-state index in [1.807, 2.05) is 0 Å². The van der Waals surface area contributed by atoms with Crippen LogP contribution in [0.1, 0.15) is 19.3 Å². The molecule has 1 atom stereocenters. The maximum absolute atomic E-state index is 11.7. The molecule has 0 aliphatic carbocycles. The Morgan fingerprint density at radius 1 is 1.03 bits per heavy atom. The van der Waals surface area contributed by atoms with Gasteiger partial charge in [0.2, 0.25) is 11.7 Å². The van der Waals surface area contributed by atoms with Crippen molar-refractivity contribution in [1.29, 1.82) is 0 Å². The van der Waals surface area contributed by atoms with E-state index in [0.29, 0.717) is 33.0 Å². The van der Waals surface area contributed by atoms with Gasteiger partial charge in [-0.15, -0.1) is 0 Å². The topological polar surface area (TPSA) is 163 Å². The third-order valence-corrected chi connectivity index (χ3v) is 3.34. The average Bonchev–Trinajstić information content (AvgIpc) is 2.71. The molecule has 0 bridgehead atoms. The molecule has 0 aliphatic heterocycles. The quantitative estimate of drug-likeness (QED) is 0.0696. The molecule has 0 saturated heterocycles. The zero-order valence-corrected chi connectivity index (χ0v) is 16.5. The molecule has 11 heteroatoms. The highest BCUT2D eigenvalue weighted by Gasteiger charge is 2.15. The van der Waals surface area contributed by atoms with Gasteiger partial charge >= 0.3 is 12.2 Å². The summed E-state index contributed by atoms with van der Waals surface area (Å²) in [6.07, 6.45) is 2.63. The van der Waals surface area contributed by atoms with Crippen molar-refractivity contribution in [3.8, 4) is 0 Å². The predicted molar refractivity (Wildman–Crippen MR) is 103 cm³/mol. The molecule has 0 saturated carbocycles. The number of carbonyl (C=O) groups excluding carboxylic acids is 3. The standard InChI is InChI=1S/C18H30N4O7/c1-2-7-29-17(24)5-8-26-10-12-28-13-11-27-9-6-21-18(25)16(19)4-3-15(23)14-22-20/h2,14,16H,1,3-13,19H2,(H,21,25)/t16-/m0/s1. The van der Waals surface area contributed by atoms with E-state index in [2.05, 4.69) is 16.7 Å². The normalized spacial score (nSPS) is 11.2. The average molecular weight is 414 g/mol. The fourth-order valence-electron chi connectivity index (χ4n) is 1.86. The summed E-state index contributed by atoms with van der Waals surface area (Å²) in [6, 6.07) is -0.821. The second kappa shape index (κ2) is 18.9. The van der Waals surface area contributed by atoms with Crippen LogP contribution >= 0.6 is 0 Å². The van der Waals surface area contributed by atoms with Crippen LogP contribution in [0.25, 0.3) is 5.53 Å². The van der Waals surface area contributed by atoms with Gasteiger partial charge in [-0.2, -0.15) is 4.79 Å². The van der Waals surface area contributed by atoms with E-state index in [-0.39, 0.29) is 50.9 Å². The van der Waals surface area contributed by atoms with Crippen molar-refractivity contribution in [2.24, 2.45) is 5.73 Å². The molecular weight excluding hydrogens is 384 g/mol. The number of hydrogen-bond acceptors (Lipinski definition) is 8. The summed E-state index contributed by atoms with van der Waals surface area (Å²) in [5.74, 6) is -1.13. The van der Waals surface area contributed by atoms with Gasteiger partial charge in [-0.25, -0.2) is 0 Å². The molecule has 0 spiro atoms. The first-order valence-electron chi connectivity index (χ1n) is 9.24. The predicted octanol–water partition coefficient (Wildman–Crippen LogP) is -0.751. The molecule has 0 aliphatic rings. The summed E-state index contributed by atoms with van der Waals surface area (Å²) in [5.41, 5.74) is 13.9. The zero-order valence-electron chi connectivity index (χ0n) is 16.5. The van der Waals surface area contributed by atoms with Crippen LogP contribution in [-0.4, -0.2) is 87.5 Å². The van der Waals surface area contributed by atoms with Crippen LogP contribution in [0.15, 0.2) is 12.7 Å². The van der Waals surface area contributed by atoms with E-state index in [9.17, 15) is 14.4 Å². The second-order valence-electron chi connectivity index (χ2n) is 5.71. The lowest BCUT2D eigenvalue weighted by atomic mass is 10.1. The lowest BCUT2D eigenvalue weighted by Crippen LogP contribution is -2.42. The number of rotatable bonds is 19. The molecule has 0 aromatic heterocycles. The molecule has 0 aromatic rings. The number of nitrogens with two attached hydrogens (primary N) is 1. The van der Waals surface area contributed by atoms with Crippen LogP contribution in [-0.2, 0) is 33.3 Å². The molecule has 11 nitrogen and oxygen atoms in total. The molecule has 0 unspecified atom stereocenters. The summed E-state index contributed by atoms with van der Waals surface area (Å²) in [6.45, 7) is 5.93. The number of amides is 1. The van der Waals surface area contributed by atoms with Gasteiger partial charge in [0, 0.05) is 13.0 Å². The number of ether oxygens (including phenoxy) is 4. The van der Waals surface area contributed by atoms with Crippen LogP contribution in [0.2, 0.25) is 0 Å². The van der Waals surface area contributed by atoms with Crippen molar-refractivity contribution in [2.75, 3.05) is 52.8 Å². The lowest BCUT2D eigenvalue weighted by molar-refractivity contribution is -0.143. The van der Waals surface area contributed by atoms with Gasteiger partial charge in [0.05, 0.1) is 52.1 Å². The molecule has 0 heterocycles. The van der Waals surface area contributed by atoms with E-state index in [0.717, 1.165) is 6.21 Å². The minimum absolute atomic E-state index is 0.0234. The van der Waals surface area contributed by atoms with E-state index < -0.39 is 11.8 Å². The largest absolute Gasteiger partial charge is 0.461 e. The number of carbonyl (C=O) groups is 3. The first-order valence-corrected chi connectivity index (χ1v) is 9.24. The first kappa shape index (κ1) is 26.6. The maximum atomic E-state index is 11.7. The molecule has 0 radical (unpaired) electrons. The second-order valence-corrected chi connectivity index (χ2v) is 5.71. The number of esters is 1. The Bertz CT molecular complexity index is 550. The minimum atomic E-state index is -0.821. The van der Waals surface area contributed by atoms with Crippen LogP contribution in [0, 0.1) is 0 Å². The Morgan fingerprint density at radius 2 is 1.66 bits per heavy atom. The highest BCUT2D eigenvalue weighted by molar-refractivity contribution is 6.25. The molecular formula is C18H30N4O7. The smallest absolute Gasteiger partial charge is 0.323 e. The molecule has 164 valence electrons. The maximum Gasteiger partial charge on any atom is 0.323 e. The third-order valence-electron chi connectivity index (χ3n) is 3.34. The fourth-order valence-corrected chi connectivity index (χ4v) is 1.86. The fraction of sp³-hybridized carbons (Fsp3) is 0.667. The number of ketones is 1. The van der Waals surface area contributed by atoms with Crippen LogP contribution in [0.4, 0.5) is 0 Å². The van der Waals surface area contributed by atoms with Crippen LogP contribution in [0.5, 0.6) is 0 Å². The number of nitrogens with one attached hydrogen (secondary N) is 1. The molecule has 1 amide bonds. The van der Waals surface area contributed by atoms with Crippen molar-refractivity contribution in [3.05, 3.63) is 18.2 Å². The van der Waals surface area contributed by atoms with E-state index in [1.54, 1.807) is 0 Å². The van der Waals surface area contributed by atoms with Crippen molar-refractivity contribution in [3.63, 3.8) is 0 Å². The Balaban J connectivity index is 3.43. The highest BCUT2D eigenvalue weighted by Crippen LogP contribution is 1.95. The van der Waals surface area contributed by atoms with Crippen molar-refractivity contribution in [2.45, 2.75) is 25.3 Å². The summed E-state index contributed by atoms with van der Waals surface area (Å²) in [7, 11) is 0. The van der Waals surface area contributed by atoms with Gasteiger partial charge < -0.3 is 35.5 Å². The van der Waals surface area contributed by atoms with E-state index >= 15 is 0 Å². The van der Waals surface area contributed by atoms with Gasteiger partial charge in [0.1, 0.15) is 6.61 Å². The Morgan fingerprint density at radius 3 is 2.28 bits per heavy atom. The Labute approximate surface area is 170 Å². The van der Waals surface area contributed by atoms with Crippen molar-refractivity contribution < 1.29 is 38.1 Å². The summed E-state index contributed by atoms with van der Waals surface area (Å²) in [5, 5.41) is 2.60. The molecule has 0 fully saturated rings. The lowest BCUT2D eigenvalue weighted by Gasteiger charge is -2.11. The summed E-state index contributed by atoms with van der Waals surface area (Å²) < 4.78 is 20.6. The molecule has 29 heavy (non-hydrogen) atoms. The molecule has 0 aromatic carbocycles. The number of hydrogen-bond donors (Lipinski definition) is 2. The van der Waals surface area contributed by atoms with Gasteiger partial charge in [0.15, 0.2) is 0 Å². The summed E-state index contributed by atoms with van der Waals surface area (Å²) in [4.78, 5) is 36.6. The number of Topliss-reactive ketones (excluding diaryl/α,β-unsaturated/α-hetero) is 1. The van der Waals surface area contributed by atoms with E-state index in [1.165, 1.54) is 6.08 Å². The minimum Gasteiger partial charge on any atom is -0.461 e. The number of nitrogens with zero attached hydrogens (tertiary/aromatic N) is 2. The van der Waals surface area contributed by atoms with Crippen LogP contribution < -0.4 is 11.1 Å². The van der Waals surface area contributed by atoms with E-state index in [4.69, 9.17) is 30.2 Å². The monoisotopic (exact) mass is 414 g/mol. The molecule has 0 rings (SSSR count). The van der Waals surface area contributed by atoms with Crippen molar-refractivity contribution in [1.82, 2.24) is 5.32 Å².